The van der Waals surface area contributed by atoms with E-state index in [-0.39, 0.29) is 6.03 Å². The van der Waals surface area contributed by atoms with Crippen LogP contribution >= 0.6 is 0 Å². The van der Waals surface area contributed by atoms with Crippen LogP contribution in [0.25, 0.3) is 0 Å². The van der Waals surface area contributed by atoms with Gasteiger partial charge in [-0.2, -0.15) is 0 Å². The van der Waals surface area contributed by atoms with Crippen LogP contribution in [0.15, 0.2) is 0 Å². The fraction of sp³-hybridized carbons (Fsp3) is 0.933. The second-order valence-electron chi connectivity index (χ2n) is 6.67. The van der Waals surface area contributed by atoms with Crippen molar-refractivity contribution < 1.29 is 4.79 Å². The molecular formula is C15H27N3O. The SMILES string of the molecule is CN1C2CCCC1CC(NC(=O)NC1CCCC1)C2. The Morgan fingerprint density at radius 1 is 0.895 bits per heavy atom. The molecule has 2 amide bonds. The summed E-state index contributed by atoms with van der Waals surface area (Å²) in [6.45, 7) is 0. The van der Waals surface area contributed by atoms with Crippen LogP contribution in [0.2, 0.25) is 0 Å². The van der Waals surface area contributed by atoms with Crippen molar-refractivity contribution in [1.29, 1.82) is 0 Å². The predicted octanol–water partition coefficient (Wildman–Crippen LogP) is 2.24. The van der Waals surface area contributed by atoms with Crippen molar-refractivity contribution in [3.8, 4) is 0 Å². The van der Waals surface area contributed by atoms with E-state index in [1.54, 1.807) is 0 Å². The van der Waals surface area contributed by atoms with Gasteiger partial charge in [-0.15, -0.1) is 0 Å². The lowest BCUT2D eigenvalue weighted by Gasteiger charge is -2.47. The minimum Gasteiger partial charge on any atom is -0.335 e. The van der Waals surface area contributed by atoms with Crippen LogP contribution in [0.5, 0.6) is 0 Å². The van der Waals surface area contributed by atoms with Gasteiger partial charge in [-0.25, -0.2) is 4.79 Å². The molecule has 3 rings (SSSR count). The number of nitrogens with one attached hydrogen (secondary N) is 2. The maximum atomic E-state index is 12.0. The molecule has 0 aromatic heterocycles. The number of hydrogen-bond acceptors (Lipinski definition) is 2. The molecule has 4 nitrogen and oxygen atoms in total. The van der Waals surface area contributed by atoms with Gasteiger partial charge in [-0.05, 0) is 45.6 Å². The summed E-state index contributed by atoms with van der Waals surface area (Å²) in [5.41, 5.74) is 0. The average Bonchev–Trinajstić information content (AvgIpc) is 2.83. The lowest BCUT2D eigenvalue weighted by molar-refractivity contribution is 0.0508. The summed E-state index contributed by atoms with van der Waals surface area (Å²) in [4.78, 5) is 14.6. The van der Waals surface area contributed by atoms with Crippen LogP contribution < -0.4 is 10.6 Å². The lowest BCUT2D eigenvalue weighted by atomic mass is 9.82. The molecule has 1 saturated carbocycles. The highest BCUT2D eigenvalue weighted by Crippen LogP contribution is 2.32. The summed E-state index contributed by atoms with van der Waals surface area (Å²) in [5, 5.41) is 6.36. The molecule has 0 aromatic carbocycles. The molecule has 19 heavy (non-hydrogen) atoms. The quantitative estimate of drug-likeness (QED) is 0.804. The number of amides is 2. The number of piperidine rings is 2. The first-order valence-corrected chi connectivity index (χ1v) is 8.01. The fourth-order valence-electron chi connectivity index (χ4n) is 4.22. The topological polar surface area (TPSA) is 44.4 Å². The van der Waals surface area contributed by atoms with E-state index >= 15 is 0 Å². The molecule has 0 radical (unpaired) electrons. The molecule has 2 unspecified atom stereocenters. The van der Waals surface area contributed by atoms with Gasteiger partial charge < -0.3 is 15.5 Å². The fourth-order valence-corrected chi connectivity index (χ4v) is 4.22. The molecule has 3 fully saturated rings. The molecule has 2 aliphatic heterocycles. The van der Waals surface area contributed by atoms with Crippen molar-refractivity contribution in [3.05, 3.63) is 0 Å². The largest absolute Gasteiger partial charge is 0.335 e. The van der Waals surface area contributed by atoms with Crippen molar-refractivity contribution in [2.75, 3.05) is 7.05 Å². The summed E-state index contributed by atoms with van der Waals surface area (Å²) >= 11 is 0. The van der Waals surface area contributed by atoms with Crippen LogP contribution in [0.1, 0.15) is 57.8 Å². The Morgan fingerprint density at radius 2 is 1.47 bits per heavy atom. The van der Waals surface area contributed by atoms with E-state index in [0.717, 1.165) is 25.7 Å². The number of urea groups is 1. The van der Waals surface area contributed by atoms with Gasteiger partial charge in [-0.3, -0.25) is 0 Å². The number of hydrogen-bond donors (Lipinski definition) is 2. The summed E-state index contributed by atoms with van der Waals surface area (Å²) < 4.78 is 0. The van der Waals surface area contributed by atoms with Crippen LogP contribution in [0.3, 0.4) is 0 Å². The van der Waals surface area contributed by atoms with E-state index in [9.17, 15) is 4.79 Å². The Hall–Kier alpha value is -0.770. The number of rotatable bonds is 2. The maximum Gasteiger partial charge on any atom is 0.315 e. The minimum absolute atomic E-state index is 0.0690. The molecule has 108 valence electrons. The van der Waals surface area contributed by atoms with Crippen molar-refractivity contribution in [3.63, 3.8) is 0 Å². The zero-order valence-electron chi connectivity index (χ0n) is 12.0. The summed E-state index contributed by atoms with van der Waals surface area (Å²) in [6, 6.07) is 2.24. The number of carbonyl (C=O) groups is 1. The first-order valence-electron chi connectivity index (χ1n) is 8.01. The molecule has 2 saturated heterocycles. The number of nitrogens with zero attached hydrogens (tertiary/aromatic N) is 1. The van der Waals surface area contributed by atoms with E-state index < -0.39 is 0 Å². The molecule has 0 aromatic rings. The first kappa shape index (κ1) is 13.2. The summed E-state index contributed by atoms with van der Waals surface area (Å²) in [7, 11) is 2.25. The van der Waals surface area contributed by atoms with Crippen LogP contribution in [-0.4, -0.2) is 42.1 Å². The van der Waals surface area contributed by atoms with E-state index in [1.165, 1.54) is 32.1 Å². The van der Waals surface area contributed by atoms with Gasteiger partial charge in [0.1, 0.15) is 0 Å². The number of fused-ring (bicyclic) bond motifs is 2. The highest BCUT2D eigenvalue weighted by molar-refractivity contribution is 5.74. The van der Waals surface area contributed by atoms with Gasteiger partial charge >= 0.3 is 6.03 Å². The van der Waals surface area contributed by atoms with E-state index in [1.807, 2.05) is 0 Å². The van der Waals surface area contributed by atoms with Crippen LogP contribution in [-0.2, 0) is 0 Å². The highest BCUT2D eigenvalue weighted by atomic mass is 16.2. The Bertz CT molecular complexity index is 313. The molecule has 0 spiro atoms. The molecular weight excluding hydrogens is 238 g/mol. The Balaban J connectivity index is 1.48. The minimum atomic E-state index is 0.0690. The van der Waals surface area contributed by atoms with Gasteiger partial charge in [0.15, 0.2) is 0 Å². The van der Waals surface area contributed by atoms with E-state index in [2.05, 4.69) is 22.6 Å². The molecule has 4 heteroatoms. The maximum absolute atomic E-state index is 12.0. The van der Waals surface area contributed by atoms with E-state index in [4.69, 9.17) is 0 Å². The predicted molar refractivity (Wildman–Crippen MR) is 76.1 cm³/mol. The smallest absolute Gasteiger partial charge is 0.315 e. The zero-order valence-corrected chi connectivity index (χ0v) is 12.0. The highest BCUT2D eigenvalue weighted by Gasteiger charge is 2.36. The molecule has 2 N–H and O–H groups in total. The van der Waals surface area contributed by atoms with Gasteiger partial charge in [0.05, 0.1) is 0 Å². The molecule has 3 aliphatic rings. The molecule has 2 bridgehead atoms. The van der Waals surface area contributed by atoms with Crippen LogP contribution in [0.4, 0.5) is 4.79 Å². The van der Waals surface area contributed by atoms with Gasteiger partial charge in [0, 0.05) is 24.2 Å². The second-order valence-corrected chi connectivity index (χ2v) is 6.67. The second kappa shape index (κ2) is 5.70. The van der Waals surface area contributed by atoms with Crippen molar-refractivity contribution in [2.24, 2.45) is 0 Å². The van der Waals surface area contributed by atoms with Crippen molar-refractivity contribution >= 4 is 6.03 Å². The first-order chi connectivity index (χ1) is 9.22. The Kier molecular flexibility index (Phi) is 3.96. The zero-order chi connectivity index (χ0) is 13.2. The normalized spacial score (nSPS) is 36.2. The Labute approximate surface area is 116 Å². The standard InChI is InChI=1S/C15H27N3O/c1-18-13-7-4-8-14(18)10-12(9-13)17-15(19)16-11-5-2-3-6-11/h11-14H,2-10H2,1H3,(H2,16,17,19). The summed E-state index contributed by atoms with van der Waals surface area (Å²) in [5.74, 6) is 0. The number of carbonyl (C=O) groups excluding carboxylic acids is 1. The van der Waals surface area contributed by atoms with Gasteiger partial charge in [-0.1, -0.05) is 19.3 Å². The monoisotopic (exact) mass is 265 g/mol. The molecule has 1 aliphatic carbocycles. The van der Waals surface area contributed by atoms with Crippen molar-refractivity contribution in [1.82, 2.24) is 15.5 Å². The molecule has 2 heterocycles. The third-order valence-corrected chi connectivity index (χ3v) is 5.37. The third-order valence-electron chi connectivity index (χ3n) is 5.37. The molecule has 2 atom stereocenters. The van der Waals surface area contributed by atoms with Crippen molar-refractivity contribution in [2.45, 2.75) is 82.0 Å². The van der Waals surface area contributed by atoms with Crippen LogP contribution in [0, 0.1) is 0 Å². The third kappa shape index (κ3) is 3.04. The van der Waals surface area contributed by atoms with Gasteiger partial charge in [0.2, 0.25) is 0 Å². The Morgan fingerprint density at radius 3 is 2.11 bits per heavy atom. The lowest BCUT2D eigenvalue weighted by Crippen LogP contribution is -2.56. The van der Waals surface area contributed by atoms with E-state index in [0.29, 0.717) is 24.2 Å². The van der Waals surface area contributed by atoms with Gasteiger partial charge in [0.25, 0.3) is 0 Å². The average molecular weight is 265 g/mol. The summed E-state index contributed by atoms with van der Waals surface area (Å²) in [6.07, 6.45) is 11.1.